The fourth-order valence-electron chi connectivity index (χ4n) is 1.70. The minimum atomic E-state index is -0.650. The molecule has 19 heavy (non-hydrogen) atoms. The number of aliphatic hydroxyl groups is 1. The third-order valence-electron chi connectivity index (χ3n) is 2.72. The maximum atomic E-state index is 11.6. The number of halogens is 1. The lowest BCUT2D eigenvalue weighted by molar-refractivity contribution is 0.0942. The molecule has 2 rings (SSSR count). The molecule has 0 saturated heterocycles. The number of carbonyl (C=O) groups excluding carboxylic acids is 1. The van der Waals surface area contributed by atoms with Gasteiger partial charge < -0.3 is 14.8 Å². The fraction of sp³-hybridized carbons (Fsp3) is 0.214. The second-order valence-electron chi connectivity index (χ2n) is 4.13. The van der Waals surface area contributed by atoms with Gasteiger partial charge in [-0.3, -0.25) is 4.79 Å². The minimum Gasteiger partial charge on any atom is -0.472 e. The summed E-state index contributed by atoms with van der Waals surface area (Å²) in [5.74, 6) is -0.216. The van der Waals surface area contributed by atoms with Crippen molar-refractivity contribution in [1.82, 2.24) is 5.32 Å². The molecule has 0 bridgehead atoms. The van der Waals surface area contributed by atoms with Crippen molar-refractivity contribution in [3.63, 3.8) is 0 Å². The van der Waals surface area contributed by atoms with Crippen LogP contribution in [0.5, 0.6) is 0 Å². The highest BCUT2D eigenvalue weighted by Gasteiger charge is 2.10. The number of hydrogen-bond acceptors (Lipinski definition) is 3. The van der Waals surface area contributed by atoms with Gasteiger partial charge in [-0.25, -0.2) is 0 Å². The normalized spacial score (nSPS) is 12.1. The van der Waals surface area contributed by atoms with E-state index in [2.05, 4.69) is 5.32 Å². The first-order valence-corrected chi connectivity index (χ1v) is 6.28. The molecule has 1 amide bonds. The monoisotopic (exact) mass is 279 g/mol. The lowest BCUT2D eigenvalue weighted by atomic mass is 10.1. The Labute approximate surface area is 116 Å². The summed E-state index contributed by atoms with van der Waals surface area (Å²) in [6, 6.07) is 8.63. The Hall–Kier alpha value is -1.78. The van der Waals surface area contributed by atoms with Crippen molar-refractivity contribution in [2.75, 3.05) is 6.54 Å². The number of nitrogens with one attached hydrogen (secondary N) is 1. The Morgan fingerprint density at radius 2 is 2.26 bits per heavy atom. The minimum absolute atomic E-state index is 0.216. The molecule has 1 atom stereocenters. The number of hydrogen-bond donors (Lipinski definition) is 2. The van der Waals surface area contributed by atoms with Gasteiger partial charge in [0.2, 0.25) is 0 Å². The molecule has 0 fully saturated rings. The Kier molecular flexibility index (Phi) is 4.60. The van der Waals surface area contributed by atoms with Gasteiger partial charge in [-0.2, -0.15) is 0 Å². The van der Waals surface area contributed by atoms with Gasteiger partial charge in [-0.05, 0) is 30.2 Å². The summed E-state index contributed by atoms with van der Waals surface area (Å²) in [7, 11) is 0. The van der Waals surface area contributed by atoms with Crippen LogP contribution >= 0.6 is 11.6 Å². The third kappa shape index (κ3) is 3.84. The van der Waals surface area contributed by atoms with Crippen LogP contribution in [0.3, 0.4) is 0 Å². The molecule has 0 radical (unpaired) electrons. The molecule has 0 spiro atoms. The van der Waals surface area contributed by atoms with Crippen molar-refractivity contribution in [3.05, 3.63) is 59.0 Å². The van der Waals surface area contributed by atoms with Crippen LogP contribution in [-0.2, 0) is 0 Å². The van der Waals surface area contributed by atoms with Crippen LogP contribution in [0.15, 0.2) is 47.3 Å². The number of aliphatic hydroxyl groups excluding tert-OH is 1. The largest absolute Gasteiger partial charge is 0.472 e. The van der Waals surface area contributed by atoms with Crippen LogP contribution in [0.2, 0.25) is 5.02 Å². The molecule has 1 aromatic carbocycles. The van der Waals surface area contributed by atoms with Crippen molar-refractivity contribution in [3.8, 4) is 0 Å². The molecule has 4 nitrogen and oxygen atoms in total. The van der Waals surface area contributed by atoms with Gasteiger partial charge in [0, 0.05) is 11.6 Å². The Bertz CT molecular complexity index is 539. The Morgan fingerprint density at radius 1 is 1.42 bits per heavy atom. The van der Waals surface area contributed by atoms with E-state index in [0.29, 0.717) is 23.6 Å². The zero-order chi connectivity index (χ0) is 13.7. The molecule has 2 aromatic rings. The van der Waals surface area contributed by atoms with Gasteiger partial charge in [-0.1, -0.05) is 23.7 Å². The van der Waals surface area contributed by atoms with Crippen molar-refractivity contribution in [2.24, 2.45) is 0 Å². The van der Waals surface area contributed by atoms with Crippen LogP contribution in [-0.4, -0.2) is 17.6 Å². The zero-order valence-corrected chi connectivity index (χ0v) is 10.9. The predicted molar refractivity (Wildman–Crippen MR) is 72.1 cm³/mol. The summed E-state index contributed by atoms with van der Waals surface area (Å²) >= 11 is 5.85. The Balaban J connectivity index is 1.81. The highest BCUT2D eigenvalue weighted by molar-refractivity contribution is 6.30. The summed E-state index contributed by atoms with van der Waals surface area (Å²) in [5.41, 5.74) is 1.21. The van der Waals surface area contributed by atoms with E-state index in [1.165, 1.54) is 12.5 Å². The molecule has 5 heteroatoms. The van der Waals surface area contributed by atoms with E-state index in [-0.39, 0.29) is 5.91 Å². The summed E-state index contributed by atoms with van der Waals surface area (Å²) in [4.78, 5) is 11.6. The average Bonchev–Trinajstić information content (AvgIpc) is 2.92. The standard InChI is InChI=1S/C14H14ClNO3/c15-12-3-1-2-10(8-12)13(17)4-6-16-14(18)11-5-7-19-9-11/h1-3,5,7-9,13,17H,4,6H2,(H,16,18)/t13-/m0/s1. The average molecular weight is 280 g/mol. The molecular weight excluding hydrogens is 266 g/mol. The highest BCUT2D eigenvalue weighted by atomic mass is 35.5. The van der Waals surface area contributed by atoms with Crippen LogP contribution in [0, 0.1) is 0 Å². The van der Waals surface area contributed by atoms with Gasteiger partial charge in [-0.15, -0.1) is 0 Å². The molecule has 0 unspecified atom stereocenters. The first-order valence-electron chi connectivity index (χ1n) is 5.91. The van der Waals surface area contributed by atoms with E-state index in [1.807, 2.05) is 0 Å². The fourth-order valence-corrected chi connectivity index (χ4v) is 1.90. The van der Waals surface area contributed by atoms with Crippen molar-refractivity contribution >= 4 is 17.5 Å². The number of carbonyl (C=O) groups is 1. The van der Waals surface area contributed by atoms with Gasteiger partial charge in [0.1, 0.15) is 6.26 Å². The van der Waals surface area contributed by atoms with E-state index in [1.54, 1.807) is 30.3 Å². The maximum absolute atomic E-state index is 11.6. The summed E-state index contributed by atoms with van der Waals surface area (Å²) in [5, 5.41) is 13.3. The zero-order valence-electron chi connectivity index (χ0n) is 10.2. The van der Waals surface area contributed by atoms with Crippen LogP contribution in [0.25, 0.3) is 0 Å². The van der Waals surface area contributed by atoms with Gasteiger partial charge >= 0.3 is 0 Å². The van der Waals surface area contributed by atoms with Gasteiger partial charge in [0.25, 0.3) is 5.91 Å². The Morgan fingerprint density at radius 3 is 2.95 bits per heavy atom. The van der Waals surface area contributed by atoms with Crippen LogP contribution in [0.4, 0.5) is 0 Å². The van der Waals surface area contributed by atoms with E-state index in [0.717, 1.165) is 5.56 Å². The SMILES string of the molecule is O=C(NCC[C@H](O)c1cccc(Cl)c1)c1ccoc1. The van der Waals surface area contributed by atoms with E-state index >= 15 is 0 Å². The lowest BCUT2D eigenvalue weighted by Crippen LogP contribution is -2.25. The molecule has 1 heterocycles. The third-order valence-corrected chi connectivity index (χ3v) is 2.96. The van der Waals surface area contributed by atoms with Crippen LogP contribution in [0.1, 0.15) is 28.4 Å². The quantitative estimate of drug-likeness (QED) is 0.885. The van der Waals surface area contributed by atoms with E-state index in [9.17, 15) is 9.90 Å². The van der Waals surface area contributed by atoms with Crippen molar-refractivity contribution < 1.29 is 14.3 Å². The number of benzene rings is 1. The predicted octanol–water partition coefficient (Wildman–Crippen LogP) is 2.79. The molecule has 1 aromatic heterocycles. The topological polar surface area (TPSA) is 62.5 Å². The second-order valence-corrected chi connectivity index (χ2v) is 4.56. The summed E-state index contributed by atoms with van der Waals surface area (Å²) in [6.07, 6.45) is 2.59. The molecule has 0 aliphatic rings. The molecule has 2 N–H and O–H groups in total. The number of furan rings is 1. The van der Waals surface area contributed by atoms with E-state index < -0.39 is 6.10 Å². The highest BCUT2D eigenvalue weighted by Crippen LogP contribution is 2.19. The first-order chi connectivity index (χ1) is 9.16. The number of rotatable bonds is 5. The van der Waals surface area contributed by atoms with Gasteiger partial charge in [0.05, 0.1) is 17.9 Å². The maximum Gasteiger partial charge on any atom is 0.254 e. The second kappa shape index (κ2) is 6.41. The number of amides is 1. The molecule has 100 valence electrons. The smallest absolute Gasteiger partial charge is 0.254 e. The molecule has 0 aliphatic heterocycles. The van der Waals surface area contributed by atoms with Crippen molar-refractivity contribution in [2.45, 2.75) is 12.5 Å². The molecular formula is C14H14ClNO3. The van der Waals surface area contributed by atoms with Crippen LogP contribution < -0.4 is 5.32 Å². The first kappa shape index (κ1) is 13.6. The van der Waals surface area contributed by atoms with E-state index in [4.69, 9.17) is 16.0 Å². The van der Waals surface area contributed by atoms with Gasteiger partial charge in [0.15, 0.2) is 0 Å². The summed E-state index contributed by atoms with van der Waals surface area (Å²) < 4.78 is 4.82. The van der Waals surface area contributed by atoms with Crippen molar-refractivity contribution in [1.29, 1.82) is 0 Å². The molecule has 0 aliphatic carbocycles. The summed E-state index contributed by atoms with van der Waals surface area (Å²) in [6.45, 7) is 0.373. The molecule has 0 saturated carbocycles. The lowest BCUT2D eigenvalue weighted by Gasteiger charge is -2.11.